The third-order valence-corrected chi connectivity index (χ3v) is 5.96. The number of nitriles is 1. The maximum atomic E-state index is 13.1. The Labute approximate surface area is 178 Å². The molecule has 0 unspecified atom stereocenters. The highest BCUT2D eigenvalue weighted by atomic mass is 16.5. The van der Waals surface area contributed by atoms with Crippen LogP contribution in [0.4, 0.5) is 4.79 Å². The molecule has 2 N–H and O–H groups in total. The predicted molar refractivity (Wildman–Crippen MR) is 114 cm³/mol. The monoisotopic (exact) mass is 412 g/mol. The summed E-state index contributed by atoms with van der Waals surface area (Å²) in [5.41, 5.74) is 0.959. The van der Waals surface area contributed by atoms with Crippen molar-refractivity contribution in [1.82, 2.24) is 15.5 Å². The van der Waals surface area contributed by atoms with Crippen LogP contribution < -0.4 is 10.6 Å². The molecular formula is C23H32N4O3. The molecule has 2 aliphatic rings. The molecule has 7 heteroatoms. The number of hydrogen-bond donors (Lipinski definition) is 2. The predicted octanol–water partition coefficient (Wildman–Crippen LogP) is 2.62. The minimum absolute atomic E-state index is 0.268. The van der Waals surface area contributed by atoms with E-state index in [1.165, 1.54) is 19.3 Å². The second-order valence-corrected chi connectivity index (χ2v) is 8.22. The molecule has 3 amide bonds. The molecule has 0 bridgehead atoms. The van der Waals surface area contributed by atoms with Gasteiger partial charge >= 0.3 is 6.03 Å². The number of nitrogens with one attached hydrogen (secondary N) is 2. The van der Waals surface area contributed by atoms with E-state index >= 15 is 0 Å². The van der Waals surface area contributed by atoms with E-state index in [4.69, 9.17) is 4.74 Å². The molecule has 1 aromatic carbocycles. The number of ether oxygens (including phenoxy) is 1. The zero-order valence-electron chi connectivity index (χ0n) is 17.5. The summed E-state index contributed by atoms with van der Waals surface area (Å²) in [6, 6.07) is 10.3. The molecule has 0 spiro atoms. The molecule has 7 nitrogen and oxygen atoms in total. The van der Waals surface area contributed by atoms with Gasteiger partial charge in [-0.2, -0.15) is 5.26 Å². The molecule has 1 saturated heterocycles. The number of benzene rings is 1. The standard InChI is InChI=1S/C23H32N4O3/c24-17-20(15-18-7-3-1-4-8-18)25-22(28)21(16-19-9-5-2-6-10-19)26-23(29)27-11-13-30-14-12-27/h2,5-6,9-10,18,20-21H,1,3-4,7-8,11-16H2,(H,25,28)(H,26,29)/t20-,21-/m0/s1. The third kappa shape index (κ3) is 6.74. The van der Waals surface area contributed by atoms with Gasteiger partial charge in [0.1, 0.15) is 12.1 Å². The Morgan fingerprint density at radius 2 is 1.80 bits per heavy atom. The minimum atomic E-state index is -0.732. The first-order valence-corrected chi connectivity index (χ1v) is 11.0. The van der Waals surface area contributed by atoms with Gasteiger partial charge < -0.3 is 20.3 Å². The van der Waals surface area contributed by atoms with Gasteiger partial charge in [0, 0.05) is 19.5 Å². The minimum Gasteiger partial charge on any atom is -0.378 e. The smallest absolute Gasteiger partial charge is 0.318 e. The van der Waals surface area contributed by atoms with Crippen molar-refractivity contribution in [2.45, 2.75) is 57.0 Å². The van der Waals surface area contributed by atoms with Crippen molar-refractivity contribution in [2.24, 2.45) is 5.92 Å². The van der Waals surface area contributed by atoms with Crippen LogP contribution in [0.3, 0.4) is 0 Å². The first-order valence-electron chi connectivity index (χ1n) is 11.0. The van der Waals surface area contributed by atoms with E-state index in [1.54, 1.807) is 4.90 Å². The lowest BCUT2D eigenvalue weighted by atomic mass is 9.85. The van der Waals surface area contributed by atoms with Gasteiger partial charge in [-0.1, -0.05) is 62.4 Å². The molecular weight excluding hydrogens is 380 g/mol. The topological polar surface area (TPSA) is 94.5 Å². The maximum Gasteiger partial charge on any atom is 0.318 e. The van der Waals surface area contributed by atoms with E-state index in [-0.39, 0.29) is 11.9 Å². The molecule has 0 aromatic heterocycles. The van der Waals surface area contributed by atoms with Crippen molar-refractivity contribution in [3.05, 3.63) is 35.9 Å². The van der Waals surface area contributed by atoms with Gasteiger partial charge in [-0.15, -0.1) is 0 Å². The quantitative estimate of drug-likeness (QED) is 0.720. The summed E-state index contributed by atoms with van der Waals surface area (Å²) < 4.78 is 5.30. The molecule has 2 atom stereocenters. The van der Waals surface area contributed by atoms with Gasteiger partial charge in [0.05, 0.1) is 19.3 Å². The number of urea groups is 1. The van der Waals surface area contributed by atoms with Gasteiger partial charge in [-0.05, 0) is 17.9 Å². The van der Waals surface area contributed by atoms with Crippen molar-refractivity contribution in [3.8, 4) is 6.07 Å². The number of nitrogens with zero attached hydrogens (tertiary/aromatic N) is 2. The van der Waals surface area contributed by atoms with Crippen LogP contribution >= 0.6 is 0 Å². The lowest BCUT2D eigenvalue weighted by Gasteiger charge is -2.30. The molecule has 1 aromatic rings. The third-order valence-electron chi connectivity index (χ3n) is 5.96. The summed E-state index contributed by atoms with van der Waals surface area (Å²) in [4.78, 5) is 27.4. The van der Waals surface area contributed by atoms with Crippen LogP contribution in [-0.2, 0) is 16.0 Å². The highest BCUT2D eigenvalue weighted by molar-refractivity contribution is 5.87. The van der Waals surface area contributed by atoms with Crippen molar-refractivity contribution in [2.75, 3.05) is 26.3 Å². The van der Waals surface area contributed by atoms with E-state index < -0.39 is 12.1 Å². The Kier molecular flexibility index (Phi) is 8.52. The average Bonchev–Trinajstić information content (AvgIpc) is 2.80. The molecule has 162 valence electrons. The van der Waals surface area contributed by atoms with Crippen molar-refractivity contribution >= 4 is 11.9 Å². The zero-order chi connectivity index (χ0) is 21.2. The summed E-state index contributed by atoms with van der Waals surface area (Å²) in [5.74, 6) is 0.182. The Bertz CT molecular complexity index is 722. The zero-order valence-corrected chi connectivity index (χ0v) is 17.5. The fraction of sp³-hybridized carbons (Fsp3) is 0.609. The van der Waals surface area contributed by atoms with Crippen molar-refractivity contribution in [1.29, 1.82) is 5.26 Å². The SMILES string of the molecule is N#C[C@H](CC1CCCCC1)NC(=O)[C@H](Cc1ccccc1)NC(=O)N1CCOCC1. The maximum absolute atomic E-state index is 13.1. The molecule has 0 radical (unpaired) electrons. The van der Waals surface area contributed by atoms with E-state index in [1.807, 2.05) is 30.3 Å². The number of amides is 3. The molecule has 1 aliphatic heterocycles. The largest absolute Gasteiger partial charge is 0.378 e. The van der Waals surface area contributed by atoms with Crippen LogP contribution in [0, 0.1) is 17.2 Å². The second kappa shape index (κ2) is 11.6. The lowest BCUT2D eigenvalue weighted by Crippen LogP contribution is -2.55. The van der Waals surface area contributed by atoms with E-state index in [0.717, 1.165) is 18.4 Å². The molecule has 1 saturated carbocycles. The van der Waals surface area contributed by atoms with Crippen molar-refractivity contribution in [3.63, 3.8) is 0 Å². The first-order chi connectivity index (χ1) is 14.7. The number of rotatable bonds is 7. The van der Waals surface area contributed by atoms with Crippen LogP contribution in [0.2, 0.25) is 0 Å². The van der Waals surface area contributed by atoms with Crippen LogP contribution in [0.5, 0.6) is 0 Å². The summed E-state index contributed by atoms with van der Waals surface area (Å²) in [6.45, 7) is 2.02. The Hall–Kier alpha value is -2.59. The summed E-state index contributed by atoms with van der Waals surface area (Å²) >= 11 is 0. The second-order valence-electron chi connectivity index (χ2n) is 8.22. The van der Waals surface area contributed by atoms with Gasteiger partial charge in [0.25, 0.3) is 0 Å². The van der Waals surface area contributed by atoms with Crippen LogP contribution in [-0.4, -0.2) is 55.2 Å². The molecule has 1 aliphatic carbocycles. The Balaban J connectivity index is 1.63. The molecule has 2 fully saturated rings. The highest BCUT2D eigenvalue weighted by Crippen LogP contribution is 2.27. The average molecular weight is 413 g/mol. The normalized spacial score (nSPS) is 19.4. The van der Waals surface area contributed by atoms with Crippen LogP contribution in [0.1, 0.15) is 44.1 Å². The Morgan fingerprint density at radius 3 is 2.47 bits per heavy atom. The Morgan fingerprint density at radius 1 is 1.10 bits per heavy atom. The number of carbonyl (C=O) groups excluding carboxylic acids is 2. The molecule has 1 heterocycles. The van der Waals surface area contributed by atoms with Crippen molar-refractivity contribution < 1.29 is 14.3 Å². The van der Waals surface area contributed by atoms with Gasteiger partial charge in [0.15, 0.2) is 0 Å². The fourth-order valence-corrected chi connectivity index (χ4v) is 4.24. The summed E-state index contributed by atoms with van der Waals surface area (Å²) in [6.07, 6.45) is 6.95. The van der Waals surface area contributed by atoms with E-state index in [9.17, 15) is 14.9 Å². The number of hydrogen-bond acceptors (Lipinski definition) is 4. The van der Waals surface area contributed by atoms with E-state index in [2.05, 4.69) is 16.7 Å². The number of carbonyl (C=O) groups is 2. The van der Waals surface area contributed by atoms with Gasteiger partial charge in [-0.3, -0.25) is 4.79 Å². The molecule has 30 heavy (non-hydrogen) atoms. The summed E-state index contributed by atoms with van der Waals surface area (Å²) in [5, 5.41) is 15.4. The summed E-state index contributed by atoms with van der Waals surface area (Å²) in [7, 11) is 0. The van der Waals surface area contributed by atoms with Gasteiger partial charge in [0.2, 0.25) is 5.91 Å². The van der Waals surface area contributed by atoms with Gasteiger partial charge in [-0.25, -0.2) is 4.79 Å². The fourth-order valence-electron chi connectivity index (χ4n) is 4.24. The van der Waals surface area contributed by atoms with Crippen LogP contribution in [0.15, 0.2) is 30.3 Å². The van der Waals surface area contributed by atoms with Crippen LogP contribution in [0.25, 0.3) is 0 Å². The first kappa shape index (κ1) is 22.1. The highest BCUT2D eigenvalue weighted by Gasteiger charge is 2.28. The number of morpholine rings is 1. The molecule has 3 rings (SSSR count). The lowest BCUT2D eigenvalue weighted by molar-refractivity contribution is -0.123. The van der Waals surface area contributed by atoms with E-state index in [0.29, 0.717) is 45.1 Å².